The normalized spacial score (nSPS) is 19.6. The van der Waals surface area contributed by atoms with Gasteiger partial charge in [-0.15, -0.1) is 0 Å². The summed E-state index contributed by atoms with van der Waals surface area (Å²) >= 11 is 0. The molecule has 1 heterocycles. The molecule has 7 atom stereocenters. The number of carbonyl (C=O) groups excluding carboxylic acids is 1. The van der Waals surface area contributed by atoms with E-state index >= 15 is 0 Å². The number of hydrogen-bond donors (Lipinski definition) is 6. The van der Waals surface area contributed by atoms with Crippen LogP contribution in [0.3, 0.4) is 0 Å². The van der Waals surface area contributed by atoms with Crippen molar-refractivity contribution >= 4 is 5.91 Å². The summed E-state index contributed by atoms with van der Waals surface area (Å²) in [6, 6.07) is -0.831. The highest BCUT2D eigenvalue weighted by Gasteiger charge is 2.44. The summed E-state index contributed by atoms with van der Waals surface area (Å²) in [6.45, 7) is 3.66. The van der Waals surface area contributed by atoms with E-state index < -0.39 is 49.5 Å². The second-order valence-corrected chi connectivity index (χ2v) is 21.1. The Morgan fingerprint density at radius 3 is 1.23 bits per heavy atom. The van der Waals surface area contributed by atoms with Crippen LogP contribution in [-0.4, -0.2) is 87.5 Å². The SMILES string of the molecule is CC/C=C\C/C=C\C/C=C\C/C=C\C/C=C\C/C=C\C/C=C\CCCCCC(=O)NC(COC1OC(CO)C(O)C(O)C1O)C(O)/C=C/CCCCCCCCCCCCCCCCCCCCCCCCCCC. The van der Waals surface area contributed by atoms with Crippen LogP contribution in [0.1, 0.15) is 258 Å². The minimum absolute atomic E-state index is 0.207. The van der Waals surface area contributed by atoms with E-state index in [9.17, 15) is 30.3 Å². The highest BCUT2D eigenvalue weighted by Crippen LogP contribution is 2.23. The van der Waals surface area contributed by atoms with Gasteiger partial charge < -0.3 is 40.3 Å². The van der Waals surface area contributed by atoms with Gasteiger partial charge >= 0.3 is 0 Å². The quantitative estimate of drug-likeness (QED) is 0.0261. The highest BCUT2D eigenvalue weighted by molar-refractivity contribution is 5.76. The maximum absolute atomic E-state index is 13.1. The first kappa shape index (κ1) is 70.1. The van der Waals surface area contributed by atoms with Crippen LogP contribution in [0.25, 0.3) is 0 Å². The fourth-order valence-corrected chi connectivity index (χ4v) is 9.31. The lowest BCUT2D eigenvalue weighted by atomic mass is 9.99. The monoisotopic (exact) mass is 1050 g/mol. The number of nitrogens with one attached hydrogen (secondary N) is 1. The van der Waals surface area contributed by atoms with E-state index in [1.165, 1.54) is 148 Å². The van der Waals surface area contributed by atoms with Gasteiger partial charge in [0, 0.05) is 6.42 Å². The number of aliphatic hydroxyl groups excluding tert-OH is 5. The van der Waals surface area contributed by atoms with Crippen molar-refractivity contribution in [1.82, 2.24) is 5.32 Å². The number of carbonyl (C=O) groups is 1. The van der Waals surface area contributed by atoms with E-state index in [2.05, 4.69) is 104 Å². The number of unbranched alkanes of at least 4 members (excludes halogenated alkanes) is 28. The second kappa shape index (κ2) is 54.5. The van der Waals surface area contributed by atoms with Crippen LogP contribution in [0.2, 0.25) is 0 Å². The summed E-state index contributed by atoms with van der Waals surface area (Å²) in [4.78, 5) is 13.1. The number of amides is 1. The van der Waals surface area contributed by atoms with Gasteiger partial charge in [0.05, 0.1) is 25.4 Å². The summed E-state index contributed by atoms with van der Waals surface area (Å²) in [5, 5.41) is 54.6. The third-order valence-corrected chi connectivity index (χ3v) is 14.2. The third kappa shape index (κ3) is 43.7. The molecule has 1 aliphatic rings. The largest absolute Gasteiger partial charge is 0.394 e. The van der Waals surface area contributed by atoms with Gasteiger partial charge in [-0.3, -0.25) is 4.79 Å². The molecule has 0 spiro atoms. The van der Waals surface area contributed by atoms with Gasteiger partial charge in [0.2, 0.25) is 5.91 Å². The molecule has 6 N–H and O–H groups in total. The van der Waals surface area contributed by atoms with E-state index in [4.69, 9.17) is 9.47 Å². The van der Waals surface area contributed by atoms with Crippen LogP contribution in [0.4, 0.5) is 0 Å². The minimum Gasteiger partial charge on any atom is -0.394 e. The average Bonchev–Trinajstić information content (AvgIpc) is 3.41. The Bertz CT molecular complexity index is 1500. The molecule has 75 heavy (non-hydrogen) atoms. The number of allylic oxidation sites excluding steroid dienone is 15. The van der Waals surface area contributed by atoms with Gasteiger partial charge in [0.1, 0.15) is 24.4 Å². The highest BCUT2D eigenvalue weighted by atomic mass is 16.7. The van der Waals surface area contributed by atoms with Crippen molar-refractivity contribution in [2.45, 2.75) is 301 Å². The minimum atomic E-state index is -1.58. The maximum Gasteiger partial charge on any atom is 0.220 e. The van der Waals surface area contributed by atoms with Crippen molar-refractivity contribution in [1.29, 1.82) is 0 Å². The molecule has 1 fully saturated rings. The average molecular weight is 1050 g/mol. The fourth-order valence-electron chi connectivity index (χ4n) is 9.31. The van der Waals surface area contributed by atoms with Gasteiger partial charge in [-0.2, -0.15) is 0 Å². The molecular formula is C66H115NO8. The molecule has 1 rings (SSSR count). The zero-order valence-electron chi connectivity index (χ0n) is 48.0. The molecule has 7 unspecified atom stereocenters. The number of aliphatic hydroxyl groups is 5. The first-order valence-electron chi connectivity index (χ1n) is 31.0. The molecule has 0 aromatic heterocycles. The zero-order chi connectivity index (χ0) is 54.3. The van der Waals surface area contributed by atoms with Crippen molar-refractivity contribution in [3.05, 3.63) is 97.2 Å². The lowest BCUT2D eigenvalue weighted by Crippen LogP contribution is -2.60. The Kier molecular flexibility index (Phi) is 50.9. The number of ether oxygens (including phenoxy) is 2. The topological polar surface area (TPSA) is 149 Å². The molecular weight excluding hydrogens is 935 g/mol. The Morgan fingerprint density at radius 2 is 0.827 bits per heavy atom. The van der Waals surface area contributed by atoms with E-state index in [0.29, 0.717) is 12.8 Å². The molecule has 432 valence electrons. The molecule has 0 bridgehead atoms. The predicted molar refractivity (Wildman–Crippen MR) is 318 cm³/mol. The Balaban J connectivity index is 2.25. The van der Waals surface area contributed by atoms with Crippen LogP contribution in [0.15, 0.2) is 97.2 Å². The summed E-state index contributed by atoms with van der Waals surface area (Å²) < 4.78 is 11.3. The van der Waals surface area contributed by atoms with E-state index in [0.717, 1.165) is 83.5 Å². The van der Waals surface area contributed by atoms with Gasteiger partial charge in [-0.25, -0.2) is 0 Å². The van der Waals surface area contributed by atoms with Crippen molar-refractivity contribution in [2.24, 2.45) is 0 Å². The third-order valence-electron chi connectivity index (χ3n) is 14.2. The standard InChI is InChI=1S/C66H115NO8/c1-3-5-7-9-11-13-15-17-19-21-23-25-27-29-30-32-33-35-37-39-41-43-45-47-49-51-53-55-60(69)59(58-74-66-65(73)64(72)63(71)61(57-68)75-66)67-62(70)56-54-52-50-48-46-44-42-40-38-36-34-31-28-26-24-22-20-18-16-14-12-10-8-6-4-2/h6,8,12,14,18,20,24,26,31,34,38,40,44,46,53,55,59-61,63-66,68-69,71-73H,3-5,7,9-11,13,15-17,19,21-23,25,27-30,32-33,35-37,39,41-43,45,47-52,54,56-58H2,1-2H3,(H,67,70)/b8-6-,14-12-,20-18-,26-24-,34-31-,40-38-,46-44-,55-53+. The van der Waals surface area contributed by atoms with Crippen LogP contribution >= 0.6 is 0 Å². The summed E-state index contributed by atoms with van der Waals surface area (Å²) in [5.74, 6) is -0.210. The van der Waals surface area contributed by atoms with Crippen LogP contribution < -0.4 is 5.32 Å². The lowest BCUT2D eigenvalue weighted by molar-refractivity contribution is -0.302. The molecule has 0 aromatic rings. The van der Waals surface area contributed by atoms with Crippen molar-refractivity contribution in [3.63, 3.8) is 0 Å². The second-order valence-electron chi connectivity index (χ2n) is 21.1. The molecule has 0 aromatic carbocycles. The maximum atomic E-state index is 13.1. The van der Waals surface area contributed by atoms with Gasteiger partial charge in [0.15, 0.2) is 6.29 Å². The smallest absolute Gasteiger partial charge is 0.220 e. The molecule has 0 aliphatic carbocycles. The zero-order valence-corrected chi connectivity index (χ0v) is 48.0. The van der Waals surface area contributed by atoms with Crippen LogP contribution in [0, 0.1) is 0 Å². The van der Waals surface area contributed by atoms with Crippen LogP contribution in [-0.2, 0) is 14.3 Å². The molecule has 1 aliphatic heterocycles. The van der Waals surface area contributed by atoms with Gasteiger partial charge in [0.25, 0.3) is 0 Å². The van der Waals surface area contributed by atoms with E-state index in [1.807, 2.05) is 6.08 Å². The molecule has 9 nitrogen and oxygen atoms in total. The van der Waals surface area contributed by atoms with Crippen molar-refractivity contribution in [3.8, 4) is 0 Å². The summed E-state index contributed by atoms with van der Waals surface area (Å²) in [6.07, 6.45) is 71.9. The lowest BCUT2D eigenvalue weighted by Gasteiger charge is -2.40. The molecule has 0 saturated carbocycles. The van der Waals surface area contributed by atoms with E-state index in [1.54, 1.807) is 6.08 Å². The molecule has 0 radical (unpaired) electrons. The first-order chi connectivity index (χ1) is 36.8. The van der Waals surface area contributed by atoms with Gasteiger partial charge in [-0.05, 0) is 77.0 Å². The Labute approximate surface area is 460 Å². The van der Waals surface area contributed by atoms with Crippen molar-refractivity contribution in [2.75, 3.05) is 13.2 Å². The van der Waals surface area contributed by atoms with Crippen LogP contribution in [0.5, 0.6) is 0 Å². The summed E-state index contributed by atoms with van der Waals surface area (Å²) in [5.41, 5.74) is 0. The van der Waals surface area contributed by atoms with Crippen molar-refractivity contribution < 1.29 is 39.8 Å². The van der Waals surface area contributed by atoms with E-state index in [-0.39, 0.29) is 12.5 Å². The number of hydrogen-bond acceptors (Lipinski definition) is 8. The Hall–Kier alpha value is -2.89. The molecule has 9 heteroatoms. The predicted octanol–water partition coefficient (Wildman–Crippen LogP) is 16.0. The molecule has 1 amide bonds. The first-order valence-corrected chi connectivity index (χ1v) is 31.0. The molecule has 1 saturated heterocycles. The number of rotatable bonds is 52. The van der Waals surface area contributed by atoms with Gasteiger partial charge in [-0.1, -0.05) is 272 Å². The Morgan fingerprint density at radius 1 is 0.467 bits per heavy atom. The fraction of sp³-hybridized carbons (Fsp3) is 0.742. The summed E-state index contributed by atoms with van der Waals surface area (Å²) in [7, 11) is 0.